The molecule has 2 amide bonds. The Morgan fingerprint density at radius 3 is 2.19 bits per heavy atom. The zero-order valence-electron chi connectivity index (χ0n) is 12.9. The van der Waals surface area contributed by atoms with Crippen LogP contribution in [-0.4, -0.2) is 38.6 Å². The lowest BCUT2D eigenvalue weighted by atomic mass is 10.2. The maximum Gasteiger partial charge on any atom is 0.251 e. The highest BCUT2D eigenvalue weighted by Gasteiger charge is 2.12. The monoisotopic (exact) mass is 294 g/mol. The molecule has 0 aliphatic heterocycles. The smallest absolute Gasteiger partial charge is 0.251 e. The molecule has 1 atom stereocenters. The molecule has 0 fully saturated rings. The van der Waals surface area contributed by atoms with Crippen molar-refractivity contribution in [1.82, 2.24) is 10.6 Å². The first-order valence-electron chi connectivity index (χ1n) is 6.80. The molecule has 0 radical (unpaired) electrons. The van der Waals surface area contributed by atoms with Gasteiger partial charge in [-0.2, -0.15) is 0 Å². The van der Waals surface area contributed by atoms with E-state index in [0.29, 0.717) is 17.1 Å². The van der Waals surface area contributed by atoms with Crippen LogP contribution in [0, 0.1) is 0 Å². The Morgan fingerprint density at radius 1 is 1.14 bits per heavy atom. The van der Waals surface area contributed by atoms with Gasteiger partial charge in [0.1, 0.15) is 11.5 Å². The van der Waals surface area contributed by atoms with Crippen LogP contribution in [0.15, 0.2) is 18.2 Å². The highest BCUT2D eigenvalue weighted by atomic mass is 16.5. The number of benzene rings is 1. The molecule has 0 aliphatic rings. The third-order valence-corrected chi connectivity index (χ3v) is 3.04. The minimum atomic E-state index is -0.355. The Balaban J connectivity index is 2.65. The van der Waals surface area contributed by atoms with Crippen molar-refractivity contribution in [2.24, 2.45) is 0 Å². The van der Waals surface area contributed by atoms with E-state index in [1.807, 2.05) is 13.8 Å². The van der Waals surface area contributed by atoms with E-state index in [1.54, 1.807) is 18.2 Å². The number of ether oxygens (including phenoxy) is 2. The van der Waals surface area contributed by atoms with E-state index in [9.17, 15) is 9.59 Å². The van der Waals surface area contributed by atoms with Crippen LogP contribution in [0.1, 0.15) is 30.6 Å². The van der Waals surface area contributed by atoms with Crippen LogP contribution in [-0.2, 0) is 4.79 Å². The van der Waals surface area contributed by atoms with Gasteiger partial charge in [0.25, 0.3) is 5.91 Å². The number of hydrogen-bond acceptors (Lipinski definition) is 4. The zero-order chi connectivity index (χ0) is 15.8. The number of carbonyl (C=O) groups excluding carboxylic acids is 2. The van der Waals surface area contributed by atoms with Crippen molar-refractivity contribution < 1.29 is 19.1 Å². The molecule has 1 unspecified atom stereocenters. The summed E-state index contributed by atoms with van der Waals surface area (Å²) in [6.07, 6.45) is 0.840. The van der Waals surface area contributed by atoms with Crippen molar-refractivity contribution in [3.05, 3.63) is 23.8 Å². The molecule has 6 nitrogen and oxygen atoms in total. The van der Waals surface area contributed by atoms with Crippen molar-refractivity contribution >= 4 is 11.8 Å². The predicted octanol–water partition coefficient (Wildman–Crippen LogP) is 1.35. The SMILES string of the molecule is CCC(C)NC(=O)CNC(=O)c1cc(OC)cc(OC)c1. The molecule has 0 bridgehead atoms. The van der Waals surface area contributed by atoms with Crippen LogP contribution in [0.3, 0.4) is 0 Å². The molecule has 0 saturated carbocycles. The number of amides is 2. The van der Waals surface area contributed by atoms with E-state index < -0.39 is 0 Å². The van der Waals surface area contributed by atoms with Crippen molar-refractivity contribution in [3.8, 4) is 11.5 Å². The summed E-state index contributed by atoms with van der Waals surface area (Å²) in [5.41, 5.74) is 0.377. The number of methoxy groups -OCH3 is 2. The van der Waals surface area contributed by atoms with E-state index in [-0.39, 0.29) is 24.4 Å². The Morgan fingerprint density at radius 2 is 1.71 bits per heavy atom. The van der Waals surface area contributed by atoms with Gasteiger partial charge in [-0.15, -0.1) is 0 Å². The molecule has 6 heteroatoms. The fourth-order valence-electron chi connectivity index (χ4n) is 1.63. The first kappa shape index (κ1) is 16.8. The summed E-state index contributed by atoms with van der Waals surface area (Å²) in [5, 5.41) is 5.35. The molecule has 0 aliphatic carbocycles. The van der Waals surface area contributed by atoms with Crippen molar-refractivity contribution in [1.29, 1.82) is 0 Å². The van der Waals surface area contributed by atoms with E-state index in [4.69, 9.17) is 9.47 Å². The maximum absolute atomic E-state index is 12.0. The lowest BCUT2D eigenvalue weighted by Gasteiger charge is -2.12. The molecule has 21 heavy (non-hydrogen) atoms. The molecule has 1 rings (SSSR count). The average molecular weight is 294 g/mol. The Hall–Kier alpha value is -2.24. The standard InChI is InChI=1S/C15H22N2O4/c1-5-10(2)17-14(18)9-16-15(19)11-6-12(20-3)8-13(7-11)21-4/h6-8,10H,5,9H2,1-4H3,(H,16,19)(H,17,18). The van der Waals surface area contributed by atoms with Crippen LogP contribution in [0.5, 0.6) is 11.5 Å². The fraction of sp³-hybridized carbons (Fsp3) is 0.467. The lowest BCUT2D eigenvalue weighted by molar-refractivity contribution is -0.120. The molecule has 1 aromatic carbocycles. The molecule has 1 aromatic rings. The number of carbonyl (C=O) groups is 2. The fourth-order valence-corrected chi connectivity index (χ4v) is 1.63. The van der Waals surface area contributed by atoms with E-state index in [0.717, 1.165) is 6.42 Å². The van der Waals surface area contributed by atoms with Crippen molar-refractivity contribution in [3.63, 3.8) is 0 Å². The van der Waals surface area contributed by atoms with Gasteiger partial charge in [0, 0.05) is 17.7 Å². The van der Waals surface area contributed by atoms with Crippen LogP contribution in [0.2, 0.25) is 0 Å². The second-order valence-electron chi connectivity index (χ2n) is 4.66. The summed E-state index contributed by atoms with van der Waals surface area (Å²) >= 11 is 0. The first-order chi connectivity index (χ1) is 9.99. The summed E-state index contributed by atoms with van der Waals surface area (Å²) in [6, 6.07) is 4.94. The second-order valence-corrected chi connectivity index (χ2v) is 4.66. The van der Waals surface area contributed by atoms with Crippen LogP contribution in [0.25, 0.3) is 0 Å². The zero-order valence-corrected chi connectivity index (χ0v) is 12.9. The quantitative estimate of drug-likeness (QED) is 0.796. The molecule has 2 N–H and O–H groups in total. The average Bonchev–Trinajstić information content (AvgIpc) is 2.51. The van der Waals surface area contributed by atoms with Gasteiger partial charge < -0.3 is 20.1 Å². The van der Waals surface area contributed by atoms with Crippen molar-refractivity contribution in [2.45, 2.75) is 26.3 Å². The lowest BCUT2D eigenvalue weighted by Crippen LogP contribution is -2.40. The third kappa shape index (κ3) is 5.33. The highest BCUT2D eigenvalue weighted by molar-refractivity contribution is 5.97. The van der Waals surface area contributed by atoms with Gasteiger partial charge >= 0.3 is 0 Å². The minimum Gasteiger partial charge on any atom is -0.497 e. The van der Waals surface area contributed by atoms with Gasteiger partial charge in [0.2, 0.25) is 5.91 Å². The van der Waals surface area contributed by atoms with Gasteiger partial charge in [0.15, 0.2) is 0 Å². The van der Waals surface area contributed by atoms with Gasteiger partial charge in [-0.3, -0.25) is 9.59 Å². The normalized spacial score (nSPS) is 11.4. The summed E-state index contributed by atoms with van der Waals surface area (Å²) in [4.78, 5) is 23.7. The van der Waals surface area contributed by atoms with Crippen LogP contribution in [0.4, 0.5) is 0 Å². The van der Waals surface area contributed by atoms with E-state index in [2.05, 4.69) is 10.6 Å². The molecule has 0 aromatic heterocycles. The summed E-state index contributed by atoms with van der Waals surface area (Å²) in [7, 11) is 3.02. The molecule has 116 valence electrons. The number of rotatable bonds is 7. The number of hydrogen-bond donors (Lipinski definition) is 2. The Labute approximate surface area is 124 Å². The topological polar surface area (TPSA) is 76.7 Å². The highest BCUT2D eigenvalue weighted by Crippen LogP contribution is 2.22. The van der Waals surface area contributed by atoms with Crippen molar-refractivity contribution in [2.75, 3.05) is 20.8 Å². The molecular weight excluding hydrogens is 272 g/mol. The molecular formula is C15H22N2O4. The predicted molar refractivity (Wildman–Crippen MR) is 79.8 cm³/mol. The largest absolute Gasteiger partial charge is 0.497 e. The minimum absolute atomic E-state index is 0.0668. The Bertz CT molecular complexity index is 480. The van der Waals surface area contributed by atoms with Gasteiger partial charge in [0.05, 0.1) is 20.8 Å². The van der Waals surface area contributed by atoms with Crippen LogP contribution < -0.4 is 20.1 Å². The summed E-state index contributed by atoms with van der Waals surface area (Å²) in [6.45, 7) is 3.82. The van der Waals surface area contributed by atoms with Crippen LogP contribution >= 0.6 is 0 Å². The Kier molecular flexibility index (Phi) is 6.52. The van der Waals surface area contributed by atoms with Gasteiger partial charge in [-0.05, 0) is 25.5 Å². The first-order valence-corrected chi connectivity index (χ1v) is 6.80. The number of nitrogens with one attached hydrogen (secondary N) is 2. The molecule has 0 saturated heterocycles. The van der Waals surface area contributed by atoms with Gasteiger partial charge in [-0.1, -0.05) is 6.92 Å². The maximum atomic E-state index is 12.0. The summed E-state index contributed by atoms with van der Waals surface area (Å²) < 4.78 is 10.2. The van der Waals surface area contributed by atoms with E-state index >= 15 is 0 Å². The second kappa shape index (κ2) is 8.14. The summed E-state index contributed by atoms with van der Waals surface area (Å²) in [5.74, 6) is 0.464. The molecule has 0 heterocycles. The molecule has 0 spiro atoms. The van der Waals surface area contributed by atoms with Gasteiger partial charge in [-0.25, -0.2) is 0 Å². The third-order valence-electron chi connectivity index (χ3n) is 3.04. The van der Waals surface area contributed by atoms with E-state index in [1.165, 1.54) is 14.2 Å².